The first-order valence-corrected chi connectivity index (χ1v) is 12.7. The molecule has 2 aliphatic rings. The van der Waals surface area contributed by atoms with Crippen LogP contribution < -0.4 is 5.32 Å². The molecule has 0 radical (unpaired) electrons. The summed E-state index contributed by atoms with van der Waals surface area (Å²) in [5.41, 5.74) is 5.50. The molecule has 1 fully saturated rings. The number of hydrogen-bond acceptors (Lipinski definition) is 5. The highest BCUT2D eigenvalue weighted by atomic mass is 16.2. The molecule has 7 nitrogen and oxygen atoms in total. The monoisotopic (exact) mass is 489 g/mol. The summed E-state index contributed by atoms with van der Waals surface area (Å²) in [5, 5.41) is 2.98. The lowest BCUT2D eigenvalue weighted by Crippen LogP contribution is -2.40. The van der Waals surface area contributed by atoms with Gasteiger partial charge in [0.15, 0.2) is 5.82 Å². The van der Waals surface area contributed by atoms with Crippen molar-refractivity contribution in [3.8, 4) is 22.5 Å². The predicted octanol–water partition coefficient (Wildman–Crippen LogP) is 4.79. The van der Waals surface area contributed by atoms with Crippen molar-refractivity contribution in [3.63, 3.8) is 0 Å². The molecule has 0 unspecified atom stereocenters. The Kier molecular flexibility index (Phi) is 6.18. The van der Waals surface area contributed by atoms with Gasteiger partial charge in [0.2, 0.25) is 5.91 Å². The maximum Gasteiger partial charge on any atom is 0.252 e. The standard InChI is InChI=1S/C30H27N5O2/c36-27(17-26-23-10-4-5-11-24(23)30(37)33-26)35-16-6-9-22(19-35)28-25(20-7-2-1-3-8-20)18-32-29(34-28)21-12-14-31-15-13-21/h1-5,7-8,10-15,18,22,26H,6,9,16-17,19H2,(H,33,37)/t22-,26-/m1/s1. The van der Waals surface area contributed by atoms with Crippen LogP contribution in [0.1, 0.15) is 52.8 Å². The molecule has 6 rings (SSSR count). The molecule has 0 bridgehead atoms. The molecule has 0 saturated carbocycles. The molecule has 2 aromatic heterocycles. The van der Waals surface area contributed by atoms with E-state index in [2.05, 4.69) is 27.4 Å². The van der Waals surface area contributed by atoms with Crippen LogP contribution >= 0.6 is 0 Å². The van der Waals surface area contributed by atoms with Crippen LogP contribution in [0.15, 0.2) is 85.3 Å². The van der Waals surface area contributed by atoms with Gasteiger partial charge >= 0.3 is 0 Å². The Morgan fingerprint density at radius 2 is 1.73 bits per heavy atom. The van der Waals surface area contributed by atoms with E-state index >= 15 is 0 Å². The molecular formula is C30H27N5O2. The number of rotatable bonds is 5. The molecule has 1 N–H and O–H groups in total. The third kappa shape index (κ3) is 4.60. The van der Waals surface area contributed by atoms with E-state index in [1.807, 2.05) is 65.7 Å². The van der Waals surface area contributed by atoms with Crippen molar-refractivity contribution >= 4 is 11.8 Å². The van der Waals surface area contributed by atoms with Crippen LogP contribution in [0.4, 0.5) is 0 Å². The van der Waals surface area contributed by atoms with Gasteiger partial charge in [-0.3, -0.25) is 14.6 Å². The van der Waals surface area contributed by atoms with Gasteiger partial charge in [0.1, 0.15) is 0 Å². The van der Waals surface area contributed by atoms with Gasteiger partial charge in [-0.1, -0.05) is 48.5 Å². The first-order chi connectivity index (χ1) is 18.2. The summed E-state index contributed by atoms with van der Waals surface area (Å²) in [6, 6.07) is 21.2. The Morgan fingerprint density at radius 3 is 2.57 bits per heavy atom. The SMILES string of the molecule is O=C1N[C@H](CC(=O)N2CCC[C@@H](c3nc(-c4ccncc4)ncc3-c3ccccc3)C2)c2ccccc21. The molecule has 0 aliphatic carbocycles. The minimum atomic E-state index is -0.284. The fourth-order valence-corrected chi connectivity index (χ4v) is 5.40. The molecule has 2 aromatic carbocycles. The minimum absolute atomic E-state index is 0.0522. The summed E-state index contributed by atoms with van der Waals surface area (Å²) in [7, 11) is 0. The first kappa shape index (κ1) is 23.0. The van der Waals surface area contributed by atoms with Gasteiger partial charge in [0.25, 0.3) is 5.91 Å². The number of pyridine rings is 1. The van der Waals surface area contributed by atoms with Crippen molar-refractivity contribution in [2.24, 2.45) is 0 Å². The van der Waals surface area contributed by atoms with Gasteiger partial charge in [-0.2, -0.15) is 0 Å². The molecule has 4 aromatic rings. The number of carbonyl (C=O) groups is 2. The Morgan fingerprint density at radius 1 is 0.946 bits per heavy atom. The van der Waals surface area contributed by atoms with Gasteiger partial charge < -0.3 is 10.2 Å². The van der Waals surface area contributed by atoms with Crippen LogP contribution in [0, 0.1) is 0 Å². The van der Waals surface area contributed by atoms with Gasteiger partial charge in [0, 0.05) is 54.3 Å². The molecule has 2 atom stereocenters. The average molecular weight is 490 g/mol. The molecule has 4 heterocycles. The molecular weight excluding hydrogens is 462 g/mol. The predicted molar refractivity (Wildman–Crippen MR) is 141 cm³/mol. The van der Waals surface area contributed by atoms with Crippen molar-refractivity contribution in [3.05, 3.63) is 102 Å². The Balaban J connectivity index is 1.28. The summed E-state index contributed by atoms with van der Waals surface area (Å²) in [6.45, 7) is 1.30. The van der Waals surface area contributed by atoms with Crippen molar-refractivity contribution < 1.29 is 9.59 Å². The van der Waals surface area contributed by atoms with Crippen LogP contribution in [0.2, 0.25) is 0 Å². The van der Waals surface area contributed by atoms with E-state index in [-0.39, 0.29) is 30.2 Å². The fraction of sp³-hybridized carbons (Fsp3) is 0.233. The number of benzene rings is 2. The summed E-state index contributed by atoms with van der Waals surface area (Å²) >= 11 is 0. The van der Waals surface area contributed by atoms with E-state index in [1.165, 1.54) is 0 Å². The van der Waals surface area contributed by atoms with Crippen LogP contribution in [-0.4, -0.2) is 44.8 Å². The van der Waals surface area contributed by atoms with Crippen LogP contribution in [-0.2, 0) is 4.79 Å². The summed E-state index contributed by atoms with van der Waals surface area (Å²) in [4.78, 5) is 41.5. The smallest absolute Gasteiger partial charge is 0.252 e. The summed E-state index contributed by atoms with van der Waals surface area (Å²) < 4.78 is 0. The van der Waals surface area contributed by atoms with Crippen molar-refractivity contribution in [1.82, 2.24) is 25.2 Å². The normalized spacial score (nSPS) is 18.8. The lowest BCUT2D eigenvalue weighted by atomic mass is 9.89. The largest absolute Gasteiger partial charge is 0.345 e. The van der Waals surface area contributed by atoms with E-state index < -0.39 is 0 Å². The van der Waals surface area contributed by atoms with E-state index in [0.29, 0.717) is 24.5 Å². The molecule has 7 heteroatoms. The zero-order chi connectivity index (χ0) is 25.2. The number of likely N-dealkylation sites (tertiary alicyclic amines) is 1. The van der Waals surface area contributed by atoms with E-state index in [0.717, 1.165) is 40.8 Å². The third-order valence-electron chi connectivity index (χ3n) is 7.27. The third-order valence-corrected chi connectivity index (χ3v) is 7.27. The lowest BCUT2D eigenvalue weighted by molar-refractivity contribution is -0.132. The van der Waals surface area contributed by atoms with E-state index in [1.54, 1.807) is 12.4 Å². The van der Waals surface area contributed by atoms with Gasteiger partial charge in [-0.25, -0.2) is 9.97 Å². The quantitative estimate of drug-likeness (QED) is 0.436. The van der Waals surface area contributed by atoms with Crippen LogP contribution in [0.3, 0.4) is 0 Å². The van der Waals surface area contributed by atoms with Crippen molar-refractivity contribution in [2.75, 3.05) is 13.1 Å². The van der Waals surface area contributed by atoms with Gasteiger partial charge in [-0.15, -0.1) is 0 Å². The molecule has 2 aliphatic heterocycles. The second-order valence-electron chi connectivity index (χ2n) is 9.59. The molecule has 1 saturated heterocycles. The summed E-state index contributed by atoms with van der Waals surface area (Å²) in [6.07, 6.45) is 7.48. The second-order valence-corrected chi connectivity index (χ2v) is 9.59. The number of hydrogen-bond donors (Lipinski definition) is 1. The van der Waals surface area contributed by atoms with E-state index in [9.17, 15) is 9.59 Å². The van der Waals surface area contributed by atoms with E-state index in [4.69, 9.17) is 4.98 Å². The average Bonchev–Trinajstić information content (AvgIpc) is 3.28. The molecule has 184 valence electrons. The van der Waals surface area contributed by atoms with Crippen molar-refractivity contribution in [2.45, 2.75) is 31.2 Å². The topological polar surface area (TPSA) is 88.1 Å². The highest BCUT2D eigenvalue weighted by molar-refractivity contribution is 5.99. The number of nitrogens with one attached hydrogen (secondary N) is 1. The number of aromatic nitrogens is 3. The van der Waals surface area contributed by atoms with Gasteiger partial charge in [-0.05, 0) is 42.2 Å². The fourth-order valence-electron chi connectivity index (χ4n) is 5.40. The highest BCUT2D eigenvalue weighted by Gasteiger charge is 2.33. The molecule has 2 amide bonds. The zero-order valence-electron chi connectivity index (χ0n) is 20.4. The van der Waals surface area contributed by atoms with Crippen molar-refractivity contribution in [1.29, 1.82) is 0 Å². The molecule has 37 heavy (non-hydrogen) atoms. The minimum Gasteiger partial charge on any atom is -0.345 e. The van der Waals surface area contributed by atoms with Crippen LogP contribution in [0.25, 0.3) is 22.5 Å². The Hall–Kier alpha value is -4.39. The number of carbonyl (C=O) groups excluding carboxylic acids is 2. The Bertz CT molecular complexity index is 1440. The second kappa shape index (κ2) is 9.93. The number of nitrogens with zero attached hydrogens (tertiary/aromatic N) is 4. The summed E-state index contributed by atoms with van der Waals surface area (Å²) in [5.74, 6) is 0.686. The number of fused-ring (bicyclic) bond motifs is 1. The maximum absolute atomic E-state index is 13.4. The highest BCUT2D eigenvalue weighted by Crippen LogP contribution is 2.35. The lowest BCUT2D eigenvalue weighted by Gasteiger charge is -2.34. The Labute approximate surface area is 215 Å². The van der Waals surface area contributed by atoms with Crippen LogP contribution in [0.5, 0.6) is 0 Å². The van der Waals surface area contributed by atoms with Gasteiger partial charge in [0.05, 0.1) is 18.2 Å². The maximum atomic E-state index is 13.4. The molecule has 0 spiro atoms. The number of piperidine rings is 1. The number of amides is 2. The first-order valence-electron chi connectivity index (χ1n) is 12.7. The zero-order valence-corrected chi connectivity index (χ0v) is 20.4.